The molecule has 4 nitrogen and oxygen atoms in total. The molecule has 0 aromatic carbocycles. The predicted molar refractivity (Wildman–Crippen MR) is 90.2 cm³/mol. The minimum Gasteiger partial charge on any atom is -0.411 e. The van der Waals surface area contributed by atoms with Crippen LogP contribution in [0.2, 0.25) is 23.3 Å². The monoisotopic (exact) mass is 325 g/mol. The lowest BCUT2D eigenvalue weighted by atomic mass is 10.2. The van der Waals surface area contributed by atoms with Crippen molar-refractivity contribution in [1.29, 1.82) is 0 Å². The molecule has 0 saturated carbocycles. The van der Waals surface area contributed by atoms with Gasteiger partial charge < -0.3 is 4.43 Å². The fraction of sp³-hybridized carbons (Fsp3) is 0.600. The summed E-state index contributed by atoms with van der Waals surface area (Å²) in [6.45, 7) is 14.5. The Balaban J connectivity index is 2.32. The van der Waals surface area contributed by atoms with Crippen molar-refractivity contribution in [2.24, 2.45) is 0 Å². The highest BCUT2D eigenvalue weighted by Gasteiger charge is 2.37. The zero-order valence-corrected chi connectivity index (χ0v) is 15.5. The minimum absolute atomic E-state index is 0.174. The standard InChI is InChI=1S/C15H24ClN3OSi/c1-7-19-9-11-8-13(16)17-12(14(11)18-19)10-20-21(5,6)15(2,3)4/h8-9H,7,10H2,1-6H3. The normalized spacial score (nSPS) is 13.1. The first kappa shape index (κ1) is 16.5. The minimum atomic E-state index is -1.81. The van der Waals surface area contributed by atoms with Crippen molar-refractivity contribution < 1.29 is 4.43 Å². The van der Waals surface area contributed by atoms with Crippen LogP contribution >= 0.6 is 11.6 Å². The second kappa shape index (κ2) is 5.70. The van der Waals surface area contributed by atoms with Crippen LogP contribution in [0.15, 0.2) is 12.3 Å². The van der Waals surface area contributed by atoms with Crippen molar-refractivity contribution in [3.05, 3.63) is 23.1 Å². The second-order valence-corrected chi connectivity index (χ2v) is 12.1. The van der Waals surface area contributed by atoms with Crippen molar-refractivity contribution in [1.82, 2.24) is 14.8 Å². The quantitative estimate of drug-likeness (QED) is 0.608. The summed E-state index contributed by atoms with van der Waals surface area (Å²) in [5.41, 5.74) is 1.72. The Bertz CT molecular complexity index is 646. The summed E-state index contributed by atoms with van der Waals surface area (Å²) in [5, 5.41) is 6.25. The van der Waals surface area contributed by atoms with Gasteiger partial charge in [0.15, 0.2) is 8.32 Å². The van der Waals surface area contributed by atoms with Gasteiger partial charge >= 0.3 is 0 Å². The van der Waals surface area contributed by atoms with E-state index in [1.165, 1.54) is 0 Å². The second-order valence-electron chi connectivity index (χ2n) is 6.86. The van der Waals surface area contributed by atoms with E-state index in [0.717, 1.165) is 23.1 Å². The topological polar surface area (TPSA) is 39.9 Å². The molecule has 0 radical (unpaired) electrons. The molecule has 0 aliphatic carbocycles. The first-order chi connectivity index (χ1) is 9.64. The molecular formula is C15H24ClN3OSi. The van der Waals surface area contributed by atoms with E-state index in [1.54, 1.807) is 0 Å². The summed E-state index contributed by atoms with van der Waals surface area (Å²) >= 11 is 6.12. The molecule has 2 heterocycles. The zero-order chi connectivity index (χ0) is 15.8. The fourth-order valence-electron chi connectivity index (χ4n) is 1.84. The maximum atomic E-state index is 6.25. The SMILES string of the molecule is CCn1cc2cc(Cl)nc(CO[Si](C)(C)C(C)(C)C)c2n1. The zero-order valence-electron chi connectivity index (χ0n) is 13.7. The average Bonchev–Trinajstić information content (AvgIpc) is 2.77. The van der Waals surface area contributed by atoms with E-state index >= 15 is 0 Å². The van der Waals surface area contributed by atoms with Crippen molar-refractivity contribution in [2.75, 3.05) is 0 Å². The van der Waals surface area contributed by atoms with Crippen LogP contribution < -0.4 is 0 Å². The molecule has 116 valence electrons. The average molecular weight is 326 g/mol. The molecular weight excluding hydrogens is 302 g/mol. The molecule has 21 heavy (non-hydrogen) atoms. The number of aromatic nitrogens is 3. The lowest BCUT2D eigenvalue weighted by Crippen LogP contribution is -2.40. The van der Waals surface area contributed by atoms with Crippen LogP contribution in [-0.4, -0.2) is 23.1 Å². The molecule has 0 unspecified atom stereocenters. The molecule has 0 bridgehead atoms. The molecule has 0 aliphatic rings. The molecule has 0 spiro atoms. The number of fused-ring (bicyclic) bond motifs is 1. The van der Waals surface area contributed by atoms with Crippen molar-refractivity contribution in [3.63, 3.8) is 0 Å². The lowest BCUT2D eigenvalue weighted by molar-refractivity contribution is 0.273. The Morgan fingerprint density at radius 2 is 2.00 bits per heavy atom. The van der Waals surface area contributed by atoms with Crippen LogP contribution in [0.1, 0.15) is 33.4 Å². The van der Waals surface area contributed by atoms with Gasteiger partial charge in [0.05, 0.1) is 12.3 Å². The van der Waals surface area contributed by atoms with Gasteiger partial charge in [-0.05, 0) is 31.1 Å². The third kappa shape index (κ3) is 3.47. The number of pyridine rings is 1. The number of rotatable bonds is 4. The Labute approximate surface area is 132 Å². The Morgan fingerprint density at radius 3 is 2.57 bits per heavy atom. The van der Waals surface area contributed by atoms with Crippen LogP contribution in [0.25, 0.3) is 10.9 Å². The summed E-state index contributed by atoms with van der Waals surface area (Å²) in [7, 11) is -1.81. The first-order valence-corrected chi connectivity index (χ1v) is 10.6. The maximum Gasteiger partial charge on any atom is 0.192 e. The number of aryl methyl sites for hydroxylation is 1. The molecule has 0 N–H and O–H groups in total. The predicted octanol–water partition coefficient (Wildman–Crippen LogP) is 4.63. The third-order valence-electron chi connectivity index (χ3n) is 4.28. The molecule has 2 rings (SSSR count). The summed E-state index contributed by atoms with van der Waals surface area (Å²) in [6.07, 6.45) is 2.00. The van der Waals surface area contributed by atoms with Crippen LogP contribution in [0.4, 0.5) is 0 Å². The lowest BCUT2D eigenvalue weighted by Gasteiger charge is -2.36. The van der Waals surface area contributed by atoms with Gasteiger partial charge in [-0.25, -0.2) is 4.98 Å². The van der Waals surface area contributed by atoms with Gasteiger partial charge in [-0.3, -0.25) is 4.68 Å². The van der Waals surface area contributed by atoms with Gasteiger partial charge in [-0.15, -0.1) is 0 Å². The molecule has 6 heteroatoms. The summed E-state index contributed by atoms with van der Waals surface area (Å²) < 4.78 is 8.16. The molecule has 0 amide bonds. The highest BCUT2D eigenvalue weighted by molar-refractivity contribution is 6.74. The van der Waals surface area contributed by atoms with E-state index in [2.05, 4.69) is 50.9 Å². The van der Waals surface area contributed by atoms with Gasteiger partial charge in [0.2, 0.25) is 0 Å². The maximum absolute atomic E-state index is 6.25. The molecule has 2 aromatic heterocycles. The fourth-order valence-corrected chi connectivity index (χ4v) is 2.99. The molecule has 0 fully saturated rings. The van der Waals surface area contributed by atoms with Gasteiger partial charge in [-0.1, -0.05) is 32.4 Å². The molecule has 2 aromatic rings. The van der Waals surface area contributed by atoms with Crippen LogP contribution in [0, 0.1) is 0 Å². The van der Waals surface area contributed by atoms with Crippen LogP contribution in [-0.2, 0) is 17.6 Å². The van der Waals surface area contributed by atoms with Gasteiger partial charge in [0.1, 0.15) is 10.7 Å². The van der Waals surface area contributed by atoms with E-state index in [-0.39, 0.29) is 5.04 Å². The molecule has 0 atom stereocenters. The number of hydrogen-bond donors (Lipinski definition) is 0. The highest BCUT2D eigenvalue weighted by atomic mass is 35.5. The van der Waals surface area contributed by atoms with Gasteiger partial charge in [-0.2, -0.15) is 5.10 Å². The summed E-state index contributed by atoms with van der Waals surface area (Å²) in [6, 6.07) is 1.85. The van der Waals surface area contributed by atoms with Crippen LogP contribution in [0.5, 0.6) is 0 Å². The third-order valence-corrected chi connectivity index (χ3v) is 8.95. The summed E-state index contributed by atoms with van der Waals surface area (Å²) in [4.78, 5) is 4.42. The van der Waals surface area contributed by atoms with Crippen molar-refractivity contribution in [2.45, 2.75) is 59.0 Å². The number of halogens is 1. The van der Waals surface area contributed by atoms with E-state index < -0.39 is 8.32 Å². The van der Waals surface area contributed by atoms with Gasteiger partial charge in [0, 0.05) is 18.1 Å². The first-order valence-electron chi connectivity index (χ1n) is 7.30. The molecule has 0 saturated heterocycles. The Morgan fingerprint density at radius 1 is 1.33 bits per heavy atom. The van der Waals surface area contributed by atoms with Crippen molar-refractivity contribution >= 4 is 30.8 Å². The Hall–Kier alpha value is -0.913. The summed E-state index contributed by atoms with van der Waals surface area (Å²) in [5.74, 6) is 0. The van der Waals surface area contributed by atoms with E-state index in [4.69, 9.17) is 16.0 Å². The molecule has 0 aliphatic heterocycles. The van der Waals surface area contributed by atoms with Crippen LogP contribution in [0.3, 0.4) is 0 Å². The highest BCUT2D eigenvalue weighted by Crippen LogP contribution is 2.37. The smallest absolute Gasteiger partial charge is 0.192 e. The largest absolute Gasteiger partial charge is 0.411 e. The van der Waals surface area contributed by atoms with Crippen molar-refractivity contribution in [3.8, 4) is 0 Å². The van der Waals surface area contributed by atoms with E-state index in [0.29, 0.717) is 11.8 Å². The number of nitrogens with zero attached hydrogens (tertiary/aromatic N) is 3. The van der Waals surface area contributed by atoms with Gasteiger partial charge in [0.25, 0.3) is 0 Å². The van der Waals surface area contributed by atoms with E-state index in [9.17, 15) is 0 Å². The Kier molecular flexibility index (Phi) is 4.47. The number of hydrogen-bond acceptors (Lipinski definition) is 3. The van der Waals surface area contributed by atoms with E-state index in [1.807, 2.05) is 16.9 Å².